The molecule has 7 heteroatoms. The van der Waals surface area contributed by atoms with Crippen LogP contribution >= 0.6 is 11.6 Å². The number of hydrogen-bond acceptors (Lipinski definition) is 2. The van der Waals surface area contributed by atoms with Crippen molar-refractivity contribution in [1.29, 1.82) is 0 Å². The first-order valence-electron chi connectivity index (χ1n) is 5.62. The number of hydrogen-bond donors (Lipinski definition) is 1. The number of alkyl halides is 3. The van der Waals surface area contributed by atoms with Crippen molar-refractivity contribution < 1.29 is 13.2 Å². The molecule has 1 N–H and O–H groups in total. The van der Waals surface area contributed by atoms with Gasteiger partial charge in [0.2, 0.25) is 5.82 Å². The Kier molecular flexibility index (Phi) is 2.90. The zero-order valence-electron chi connectivity index (χ0n) is 9.87. The van der Waals surface area contributed by atoms with Gasteiger partial charge < -0.3 is 4.98 Å². The highest BCUT2D eigenvalue weighted by Gasteiger charge is 2.34. The summed E-state index contributed by atoms with van der Waals surface area (Å²) < 4.78 is 37.7. The lowest BCUT2D eigenvalue weighted by Crippen LogP contribution is -2.06. The van der Waals surface area contributed by atoms with Gasteiger partial charge >= 0.3 is 6.18 Å². The summed E-state index contributed by atoms with van der Waals surface area (Å²) in [5.74, 6) is -1.05. The number of nitrogens with zero attached hydrogens (tertiary/aromatic N) is 2. The zero-order valence-corrected chi connectivity index (χ0v) is 10.6. The second-order valence-electron chi connectivity index (χ2n) is 4.19. The standard InChI is InChI=1S/C13H7ClF3N3/c14-9-3-1-7(2-4-9)8-5-10-11(18-6-8)20-12(19-10)13(15,16)17/h1-6H,(H,18,19,20). The van der Waals surface area contributed by atoms with Gasteiger partial charge in [0.05, 0.1) is 5.52 Å². The van der Waals surface area contributed by atoms with E-state index in [-0.39, 0.29) is 11.2 Å². The van der Waals surface area contributed by atoms with Crippen LogP contribution in [0.15, 0.2) is 36.5 Å². The first-order valence-corrected chi connectivity index (χ1v) is 6.00. The van der Waals surface area contributed by atoms with Gasteiger partial charge in [0.25, 0.3) is 0 Å². The molecule has 0 aliphatic heterocycles. The van der Waals surface area contributed by atoms with Gasteiger partial charge in [-0.3, -0.25) is 0 Å². The summed E-state index contributed by atoms with van der Waals surface area (Å²) in [6, 6.07) is 8.52. The molecule has 3 rings (SSSR count). The van der Waals surface area contributed by atoms with Gasteiger partial charge in [-0.05, 0) is 23.8 Å². The van der Waals surface area contributed by atoms with E-state index in [0.717, 1.165) is 5.56 Å². The van der Waals surface area contributed by atoms with Crippen LogP contribution in [-0.2, 0) is 6.18 Å². The first-order chi connectivity index (χ1) is 9.43. The van der Waals surface area contributed by atoms with E-state index in [1.165, 1.54) is 6.20 Å². The minimum atomic E-state index is -4.51. The third-order valence-electron chi connectivity index (χ3n) is 2.78. The van der Waals surface area contributed by atoms with Crippen molar-refractivity contribution in [3.8, 4) is 11.1 Å². The van der Waals surface area contributed by atoms with E-state index in [9.17, 15) is 13.2 Å². The van der Waals surface area contributed by atoms with Gasteiger partial charge in [0.15, 0.2) is 5.65 Å². The van der Waals surface area contributed by atoms with Crippen molar-refractivity contribution in [1.82, 2.24) is 15.0 Å². The summed E-state index contributed by atoms with van der Waals surface area (Å²) in [7, 11) is 0. The van der Waals surface area contributed by atoms with Crippen LogP contribution in [0.5, 0.6) is 0 Å². The van der Waals surface area contributed by atoms with Crippen molar-refractivity contribution in [2.75, 3.05) is 0 Å². The van der Waals surface area contributed by atoms with E-state index in [4.69, 9.17) is 11.6 Å². The van der Waals surface area contributed by atoms with Crippen molar-refractivity contribution in [3.05, 3.63) is 47.4 Å². The lowest BCUT2D eigenvalue weighted by Gasteiger charge is -2.01. The first kappa shape index (κ1) is 12.9. The van der Waals surface area contributed by atoms with Crippen LogP contribution in [0.4, 0.5) is 13.2 Å². The minimum Gasteiger partial charge on any atom is -0.333 e. The average Bonchev–Trinajstić information content (AvgIpc) is 2.82. The molecule has 0 aliphatic rings. The van der Waals surface area contributed by atoms with E-state index in [1.807, 2.05) is 0 Å². The second-order valence-corrected chi connectivity index (χ2v) is 4.62. The number of aromatic nitrogens is 3. The van der Waals surface area contributed by atoms with Crippen LogP contribution in [0.1, 0.15) is 5.82 Å². The summed E-state index contributed by atoms with van der Waals surface area (Å²) >= 11 is 5.79. The average molecular weight is 298 g/mol. The maximum atomic E-state index is 12.6. The number of imidazole rings is 1. The summed E-state index contributed by atoms with van der Waals surface area (Å²) in [6.07, 6.45) is -3.03. The highest BCUT2D eigenvalue weighted by molar-refractivity contribution is 6.30. The highest BCUT2D eigenvalue weighted by atomic mass is 35.5. The van der Waals surface area contributed by atoms with E-state index in [1.54, 1.807) is 30.3 Å². The summed E-state index contributed by atoms with van der Waals surface area (Å²) in [5.41, 5.74) is 1.78. The van der Waals surface area contributed by atoms with Gasteiger partial charge in [-0.25, -0.2) is 9.97 Å². The maximum absolute atomic E-state index is 12.6. The Labute approximate surface area is 116 Å². The third-order valence-corrected chi connectivity index (χ3v) is 3.04. The van der Waals surface area contributed by atoms with Gasteiger partial charge in [0.1, 0.15) is 0 Å². The molecular formula is C13H7ClF3N3. The number of benzene rings is 1. The van der Waals surface area contributed by atoms with Crippen LogP contribution in [-0.4, -0.2) is 15.0 Å². The third kappa shape index (κ3) is 2.34. The fourth-order valence-corrected chi connectivity index (χ4v) is 1.96. The topological polar surface area (TPSA) is 41.6 Å². The summed E-state index contributed by atoms with van der Waals surface area (Å²) in [4.78, 5) is 9.59. The van der Waals surface area contributed by atoms with Crippen LogP contribution in [0.3, 0.4) is 0 Å². The Hall–Kier alpha value is -2.08. The number of fused-ring (bicyclic) bond motifs is 1. The molecule has 0 aliphatic carbocycles. The minimum absolute atomic E-state index is 0.0371. The molecule has 2 heterocycles. The molecule has 1 aromatic carbocycles. The lowest BCUT2D eigenvalue weighted by atomic mass is 10.1. The molecule has 0 saturated carbocycles. The fraction of sp³-hybridized carbons (Fsp3) is 0.0769. The molecular weight excluding hydrogens is 291 g/mol. The molecule has 0 radical (unpaired) electrons. The highest BCUT2D eigenvalue weighted by Crippen LogP contribution is 2.29. The SMILES string of the molecule is FC(F)(F)c1nc2ncc(-c3ccc(Cl)cc3)cc2[nH]1. The Morgan fingerprint density at radius 1 is 1.05 bits per heavy atom. The zero-order chi connectivity index (χ0) is 14.3. The van der Waals surface area contributed by atoms with Crippen LogP contribution in [0.2, 0.25) is 5.02 Å². The molecule has 102 valence electrons. The number of halogens is 4. The molecule has 0 unspecified atom stereocenters. The molecule has 2 aromatic heterocycles. The fourth-order valence-electron chi connectivity index (χ4n) is 1.83. The second kappa shape index (κ2) is 4.49. The van der Waals surface area contributed by atoms with E-state index >= 15 is 0 Å². The molecule has 0 fully saturated rings. The molecule has 3 nitrogen and oxygen atoms in total. The van der Waals surface area contributed by atoms with E-state index in [0.29, 0.717) is 10.6 Å². The number of aromatic amines is 1. The summed E-state index contributed by atoms with van der Waals surface area (Å²) in [6.45, 7) is 0. The van der Waals surface area contributed by atoms with E-state index in [2.05, 4.69) is 15.0 Å². The van der Waals surface area contributed by atoms with Crippen molar-refractivity contribution in [2.45, 2.75) is 6.18 Å². The molecule has 3 aromatic rings. The monoisotopic (exact) mass is 297 g/mol. The molecule has 0 saturated heterocycles. The van der Waals surface area contributed by atoms with Crippen LogP contribution < -0.4 is 0 Å². The normalized spacial score (nSPS) is 12.0. The Bertz CT molecular complexity index is 763. The van der Waals surface area contributed by atoms with Crippen LogP contribution in [0.25, 0.3) is 22.3 Å². The molecule has 20 heavy (non-hydrogen) atoms. The van der Waals surface area contributed by atoms with Gasteiger partial charge in [0, 0.05) is 16.8 Å². The maximum Gasteiger partial charge on any atom is 0.449 e. The number of nitrogens with one attached hydrogen (secondary N) is 1. The molecule has 0 atom stereocenters. The molecule has 0 amide bonds. The smallest absolute Gasteiger partial charge is 0.333 e. The number of pyridine rings is 1. The lowest BCUT2D eigenvalue weighted by molar-refractivity contribution is -0.144. The van der Waals surface area contributed by atoms with Crippen molar-refractivity contribution in [3.63, 3.8) is 0 Å². The van der Waals surface area contributed by atoms with E-state index < -0.39 is 12.0 Å². The quantitative estimate of drug-likeness (QED) is 0.727. The van der Waals surface area contributed by atoms with Gasteiger partial charge in [-0.15, -0.1) is 0 Å². The van der Waals surface area contributed by atoms with Gasteiger partial charge in [-0.2, -0.15) is 13.2 Å². The summed E-state index contributed by atoms with van der Waals surface area (Å²) in [5, 5.41) is 0.587. The van der Waals surface area contributed by atoms with Crippen LogP contribution in [0, 0.1) is 0 Å². The predicted octanol–water partition coefficient (Wildman–Crippen LogP) is 4.30. The predicted molar refractivity (Wildman–Crippen MR) is 69.3 cm³/mol. The van der Waals surface area contributed by atoms with Crippen molar-refractivity contribution >= 4 is 22.8 Å². The molecule has 0 spiro atoms. The Morgan fingerprint density at radius 2 is 1.75 bits per heavy atom. The molecule has 0 bridgehead atoms. The van der Waals surface area contributed by atoms with Gasteiger partial charge in [-0.1, -0.05) is 23.7 Å². The van der Waals surface area contributed by atoms with Crippen molar-refractivity contribution in [2.24, 2.45) is 0 Å². The Morgan fingerprint density at radius 3 is 2.40 bits per heavy atom. The number of rotatable bonds is 1. The largest absolute Gasteiger partial charge is 0.449 e. The Balaban J connectivity index is 2.08. The number of H-pyrrole nitrogens is 1.